The number of methoxy groups -OCH3 is 1. The van der Waals surface area contributed by atoms with Crippen molar-refractivity contribution >= 4 is 6.09 Å². The molecule has 0 saturated heterocycles. The topological polar surface area (TPSA) is 47.6 Å². The molecule has 22 heavy (non-hydrogen) atoms. The predicted molar refractivity (Wildman–Crippen MR) is 83.9 cm³/mol. The number of fused-ring (bicyclic) bond motifs is 1. The first-order valence-electron chi connectivity index (χ1n) is 7.40. The molecule has 1 aliphatic rings. The second kappa shape index (κ2) is 6.10. The van der Waals surface area contributed by atoms with E-state index in [1.165, 1.54) is 7.11 Å². The first kappa shape index (κ1) is 14.4. The lowest BCUT2D eigenvalue weighted by atomic mass is 9.79. The molecule has 4 heteroatoms. The van der Waals surface area contributed by atoms with E-state index in [1.807, 2.05) is 54.6 Å². The highest BCUT2D eigenvalue weighted by Crippen LogP contribution is 2.41. The molecule has 1 heterocycles. The molecule has 0 radical (unpaired) electrons. The summed E-state index contributed by atoms with van der Waals surface area (Å²) < 4.78 is 10.7. The van der Waals surface area contributed by atoms with E-state index in [9.17, 15) is 4.79 Å². The normalized spacial score (nSPS) is 20.2. The first-order chi connectivity index (χ1) is 10.8. The number of amides is 1. The average molecular weight is 297 g/mol. The number of carbonyl (C=O) groups is 1. The molecule has 4 nitrogen and oxygen atoms in total. The molecule has 0 aliphatic carbocycles. The second-order valence-electron chi connectivity index (χ2n) is 5.34. The number of benzene rings is 2. The van der Waals surface area contributed by atoms with Gasteiger partial charge in [-0.2, -0.15) is 0 Å². The fourth-order valence-electron chi connectivity index (χ4n) is 3.05. The Morgan fingerprint density at radius 2 is 1.86 bits per heavy atom. The number of rotatable bonds is 2. The van der Waals surface area contributed by atoms with Crippen LogP contribution in [0.1, 0.15) is 24.0 Å². The Bertz CT molecular complexity index is 656. The standard InChI is InChI=1S/C18H19NO3/c1-21-17(20)19-18(14-8-3-2-4-9-14)12-7-13-22-16-11-6-5-10-15(16)18/h2-6,8-11H,7,12-13H2,1H3,(H,19,20). The average Bonchev–Trinajstić information content (AvgIpc) is 2.76. The number of alkyl carbamates (subject to hydrolysis) is 1. The lowest BCUT2D eigenvalue weighted by molar-refractivity contribution is 0.158. The van der Waals surface area contributed by atoms with Gasteiger partial charge in [-0.25, -0.2) is 4.79 Å². The molecule has 0 aromatic heterocycles. The van der Waals surface area contributed by atoms with E-state index in [1.54, 1.807) is 0 Å². The summed E-state index contributed by atoms with van der Waals surface area (Å²) in [6, 6.07) is 17.8. The van der Waals surface area contributed by atoms with E-state index < -0.39 is 11.6 Å². The van der Waals surface area contributed by atoms with E-state index in [2.05, 4.69) is 5.32 Å². The van der Waals surface area contributed by atoms with E-state index in [0.717, 1.165) is 29.7 Å². The lowest BCUT2D eigenvalue weighted by Crippen LogP contribution is -2.46. The molecule has 1 unspecified atom stereocenters. The monoisotopic (exact) mass is 297 g/mol. The molecule has 114 valence electrons. The molecule has 1 atom stereocenters. The summed E-state index contributed by atoms with van der Waals surface area (Å²) in [7, 11) is 1.38. The third kappa shape index (κ3) is 2.52. The summed E-state index contributed by atoms with van der Waals surface area (Å²) in [5.74, 6) is 0.806. The van der Waals surface area contributed by atoms with Gasteiger partial charge in [0.25, 0.3) is 0 Å². The SMILES string of the molecule is COC(=O)NC1(c2ccccc2)CCCOc2ccccc21. The van der Waals surface area contributed by atoms with E-state index in [4.69, 9.17) is 9.47 Å². The smallest absolute Gasteiger partial charge is 0.407 e. The highest BCUT2D eigenvalue weighted by atomic mass is 16.5. The number of nitrogens with one attached hydrogen (secondary N) is 1. The highest BCUT2D eigenvalue weighted by Gasteiger charge is 2.39. The van der Waals surface area contributed by atoms with Gasteiger partial charge in [-0.1, -0.05) is 48.5 Å². The Kier molecular flexibility index (Phi) is 4.00. The second-order valence-corrected chi connectivity index (χ2v) is 5.34. The molecule has 1 amide bonds. The van der Waals surface area contributed by atoms with Crippen LogP contribution in [0.4, 0.5) is 4.79 Å². The van der Waals surface area contributed by atoms with Gasteiger partial charge in [-0.05, 0) is 24.5 Å². The molecule has 2 aromatic carbocycles. The Morgan fingerprint density at radius 1 is 1.14 bits per heavy atom. The van der Waals surface area contributed by atoms with Crippen molar-refractivity contribution < 1.29 is 14.3 Å². The van der Waals surface area contributed by atoms with Gasteiger partial charge in [0.05, 0.1) is 19.3 Å². The molecular weight excluding hydrogens is 278 g/mol. The Labute approximate surface area is 130 Å². The van der Waals surface area contributed by atoms with Gasteiger partial charge >= 0.3 is 6.09 Å². The third-order valence-electron chi connectivity index (χ3n) is 4.07. The van der Waals surface area contributed by atoms with Crippen molar-refractivity contribution in [2.24, 2.45) is 0 Å². The molecule has 1 N–H and O–H groups in total. The lowest BCUT2D eigenvalue weighted by Gasteiger charge is -2.34. The van der Waals surface area contributed by atoms with Crippen LogP contribution in [0.5, 0.6) is 5.75 Å². The third-order valence-corrected chi connectivity index (χ3v) is 4.07. The van der Waals surface area contributed by atoms with E-state index in [0.29, 0.717) is 6.61 Å². The summed E-state index contributed by atoms with van der Waals surface area (Å²) in [5, 5.41) is 3.05. The van der Waals surface area contributed by atoms with Crippen LogP contribution in [-0.4, -0.2) is 19.8 Å². The first-order valence-corrected chi connectivity index (χ1v) is 7.40. The zero-order valence-electron chi connectivity index (χ0n) is 12.5. The maximum atomic E-state index is 12.0. The summed E-state index contributed by atoms with van der Waals surface area (Å²) in [4.78, 5) is 12.0. The van der Waals surface area contributed by atoms with Gasteiger partial charge in [-0.3, -0.25) is 0 Å². The summed E-state index contributed by atoms with van der Waals surface area (Å²) in [5.41, 5.74) is 1.35. The molecule has 2 aromatic rings. The molecule has 0 fully saturated rings. The number of ether oxygens (including phenoxy) is 2. The predicted octanol–water partition coefficient (Wildman–Crippen LogP) is 3.46. The number of para-hydroxylation sites is 1. The van der Waals surface area contributed by atoms with Crippen molar-refractivity contribution in [3.63, 3.8) is 0 Å². The maximum absolute atomic E-state index is 12.0. The minimum atomic E-state index is -0.637. The van der Waals surface area contributed by atoms with Gasteiger partial charge in [-0.15, -0.1) is 0 Å². The zero-order chi connectivity index (χ0) is 15.4. The maximum Gasteiger partial charge on any atom is 0.407 e. The van der Waals surface area contributed by atoms with Crippen molar-refractivity contribution in [2.45, 2.75) is 18.4 Å². The van der Waals surface area contributed by atoms with Crippen LogP contribution in [0.3, 0.4) is 0 Å². The Balaban J connectivity index is 2.19. The Hall–Kier alpha value is -2.49. The fourth-order valence-corrected chi connectivity index (χ4v) is 3.05. The minimum absolute atomic E-state index is 0.444. The fraction of sp³-hybridized carbons (Fsp3) is 0.278. The molecule has 1 aliphatic heterocycles. The molecular formula is C18H19NO3. The van der Waals surface area contributed by atoms with Crippen LogP contribution >= 0.6 is 0 Å². The molecule has 0 bridgehead atoms. The van der Waals surface area contributed by atoms with Gasteiger partial charge < -0.3 is 14.8 Å². The number of hydrogen-bond acceptors (Lipinski definition) is 3. The molecule has 3 rings (SSSR count). The van der Waals surface area contributed by atoms with Crippen molar-refractivity contribution in [3.05, 3.63) is 65.7 Å². The van der Waals surface area contributed by atoms with Crippen molar-refractivity contribution in [3.8, 4) is 5.75 Å². The molecule has 0 spiro atoms. The summed E-state index contributed by atoms with van der Waals surface area (Å²) >= 11 is 0. The van der Waals surface area contributed by atoms with Crippen LogP contribution in [0.15, 0.2) is 54.6 Å². The minimum Gasteiger partial charge on any atom is -0.493 e. The number of carbonyl (C=O) groups excluding carboxylic acids is 1. The van der Waals surface area contributed by atoms with Gasteiger partial charge in [0.2, 0.25) is 0 Å². The number of hydrogen-bond donors (Lipinski definition) is 1. The van der Waals surface area contributed by atoms with E-state index in [-0.39, 0.29) is 0 Å². The molecule has 0 saturated carbocycles. The van der Waals surface area contributed by atoms with Crippen LogP contribution < -0.4 is 10.1 Å². The summed E-state index contributed by atoms with van der Waals surface area (Å²) in [6.45, 7) is 0.633. The van der Waals surface area contributed by atoms with Crippen molar-refractivity contribution in [2.75, 3.05) is 13.7 Å². The van der Waals surface area contributed by atoms with Crippen molar-refractivity contribution in [1.29, 1.82) is 0 Å². The van der Waals surface area contributed by atoms with Gasteiger partial charge in [0.15, 0.2) is 0 Å². The highest BCUT2D eigenvalue weighted by molar-refractivity contribution is 5.70. The van der Waals surface area contributed by atoms with Gasteiger partial charge in [0.1, 0.15) is 5.75 Å². The van der Waals surface area contributed by atoms with Crippen molar-refractivity contribution in [1.82, 2.24) is 5.32 Å². The zero-order valence-corrected chi connectivity index (χ0v) is 12.5. The van der Waals surface area contributed by atoms with E-state index >= 15 is 0 Å². The summed E-state index contributed by atoms with van der Waals surface area (Å²) in [6.07, 6.45) is 1.15. The largest absolute Gasteiger partial charge is 0.493 e. The van der Waals surface area contributed by atoms with Crippen LogP contribution in [0.25, 0.3) is 0 Å². The quantitative estimate of drug-likeness (QED) is 0.923. The van der Waals surface area contributed by atoms with Crippen LogP contribution in [0.2, 0.25) is 0 Å². The van der Waals surface area contributed by atoms with Gasteiger partial charge in [0, 0.05) is 5.56 Å². The van der Waals surface area contributed by atoms with Crippen LogP contribution in [-0.2, 0) is 10.3 Å². The van der Waals surface area contributed by atoms with Crippen LogP contribution in [0, 0.1) is 0 Å². The Morgan fingerprint density at radius 3 is 2.64 bits per heavy atom.